The van der Waals surface area contributed by atoms with Crippen LogP contribution in [0.5, 0.6) is 5.88 Å². The molecule has 4 aromatic rings. The van der Waals surface area contributed by atoms with Crippen molar-refractivity contribution in [2.45, 2.75) is 19.4 Å². The van der Waals surface area contributed by atoms with Gasteiger partial charge in [0, 0.05) is 43.3 Å². The van der Waals surface area contributed by atoms with Gasteiger partial charge in [-0.25, -0.2) is 4.98 Å². The number of aromatic nitrogens is 3. The van der Waals surface area contributed by atoms with Crippen molar-refractivity contribution in [1.29, 1.82) is 0 Å². The highest BCUT2D eigenvalue weighted by molar-refractivity contribution is 7.17. The molecule has 0 radical (unpaired) electrons. The lowest BCUT2D eigenvalue weighted by molar-refractivity contribution is 0.211. The molecular weight excluding hydrogens is 430 g/mol. The Kier molecular flexibility index (Phi) is 5.56. The normalized spacial score (nSPS) is 16.1. The van der Waals surface area contributed by atoms with E-state index in [1.54, 1.807) is 4.52 Å². The molecule has 6 nitrogen and oxygen atoms in total. The first-order valence-corrected chi connectivity index (χ1v) is 11.7. The van der Waals surface area contributed by atoms with Crippen LogP contribution >= 0.6 is 22.9 Å². The average molecular weight is 454 g/mol. The predicted molar refractivity (Wildman–Crippen MR) is 125 cm³/mol. The first-order chi connectivity index (χ1) is 15.1. The van der Waals surface area contributed by atoms with Gasteiger partial charge in [0.05, 0.1) is 10.9 Å². The Bertz CT molecular complexity index is 1180. The molecule has 1 aliphatic heterocycles. The summed E-state index contributed by atoms with van der Waals surface area (Å²) < 4.78 is 1.58. The molecule has 0 spiro atoms. The number of piperazine rings is 1. The van der Waals surface area contributed by atoms with Gasteiger partial charge in [0.2, 0.25) is 10.8 Å². The van der Waals surface area contributed by atoms with Gasteiger partial charge in [-0.05, 0) is 23.8 Å². The molecule has 1 N–H and O–H groups in total. The summed E-state index contributed by atoms with van der Waals surface area (Å²) in [6.45, 7) is 5.55. The van der Waals surface area contributed by atoms with Crippen molar-refractivity contribution in [2.24, 2.45) is 0 Å². The number of thiazole rings is 1. The van der Waals surface area contributed by atoms with Crippen LogP contribution in [0.1, 0.15) is 29.2 Å². The second-order valence-electron chi connectivity index (χ2n) is 7.68. The van der Waals surface area contributed by atoms with Gasteiger partial charge in [-0.2, -0.15) is 4.52 Å². The lowest BCUT2D eigenvalue weighted by atomic mass is 10.0. The molecule has 31 heavy (non-hydrogen) atoms. The number of nitrogens with zero attached hydrogens (tertiary/aromatic N) is 5. The van der Waals surface area contributed by atoms with E-state index in [1.807, 2.05) is 43.3 Å². The molecule has 160 valence electrons. The Labute approximate surface area is 190 Å². The summed E-state index contributed by atoms with van der Waals surface area (Å²) in [5.74, 6) is 0.942. The Hall–Kier alpha value is -2.61. The minimum absolute atomic E-state index is 0.0405. The maximum absolute atomic E-state index is 11.0. The summed E-state index contributed by atoms with van der Waals surface area (Å²) in [6, 6.07) is 18.4. The van der Waals surface area contributed by atoms with Crippen molar-refractivity contribution >= 4 is 33.6 Å². The van der Waals surface area contributed by atoms with Crippen LogP contribution < -0.4 is 4.90 Å². The molecule has 0 saturated carbocycles. The van der Waals surface area contributed by atoms with Gasteiger partial charge < -0.3 is 10.0 Å². The zero-order valence-electron chi connectivity index (χ0n) is 17.3. The third-order valence-electron chi connectivity index (χ3n) is 5.78. The number of aromatic hydroxyl groups is 1. The second-order valence-corrected chi connectivity index (χ2v) is 9.13. The summed E-state index contributed by atoms with van der Waals surface area (Å²) in [6.07, 6.45) is 0.747. The Morgan fingerprint density at radius 2 is 1.84 bits per heavy atom. The molecule has 0 bridgehead atoms. The zero-order chi connectivity index (χ0) is 21.4. The largest absolute Gasteiger partial charge is 0.492 e. The molecule has 0 aliphatic carbocycles. The molecule has 1 aliphatic rings. The van der Waals surface area contributed by atoms with Crippen molar-refractivity contribution in [3.05, 3.63) is 75.9 Å². The Morgan fingerprint density at radius 1 is 1.06 bits per heavy atom. The van der Waals surface area contributed by atoms with Gasteiger partial charge >= 0.3 is 0 Å². The maximum atomic E-state index is 11.0. The van der Waals surface area contributed by atoms with Crippen LogP contribution in [-0.2, 0) is 6.42 Å². The molecule has 0 unspecified atom stereocenters. The van der Waals surface area contributed by atoms with Crippen molar-refractivity contribution in [1.82, 2.24) is 19.5 Å². The summed E-state index contributed by atoms with van der Waals surface area (Å²) in [5.41, 5.74) is 2.31. The monoisotopic (exact) mass is 453 g/mol. The van der Waals surface area contributed by atoms with Crippen LogP contribution in [-0.4, -0.2) is 50.8 Å². The third kappa shape index (κ3) is 3.89. The molecule has 1 saturated heterocycles. The first-order valence-electron chi connectivity index (χ1n) is 10.5. The number of fused-ring (bicyclic) bond motifs is 1. The smallest absolute Gasteiger partial charge is 0.230 e. The zero-order valence-corrected chi connectivity index (χ0v) is 18.9. The quantitative estimate of drug-likeness (QED) is 0.477. The highest BCUT2D eigenvalue weighted by Gasteiger charge is 2.31. The van der Waals surface area contributed by atoms with Crippen molar-refractivity contribution in [2.75, 3.05) is 31.1 Å². The molecule has 2 aromatic carbocycles. The van der Waals surface area contributed by atoms with Crippen LogP contribution in [0, 0.1) is 0 Å². The van der Waals surface area contributed by atoms with Crippen LogP contribution in [0.2, 0.25) is 5.02 Å². The van der Waals surface area contributed by atoms with E-state index < -0.39 is 0 Å². The molecule has 1 fully saturated rings. The van der Waals surface area contributed by atoms with Crippen LogP contribution in [0.3, 0.4) is 0 Å². The second kappa shape index (κ2) is 8.49. The number of hydrogen-bond acceptors (Lipinski definition) is 6. The SMILES string of the molecule is CCc1nc2sc([C@@H](c3ccccc3)N3CCN(c4cccc(Cl)c4)CC3)c(O)n2n1. The summed E-state index contributed by atoms with van der Waals surface area (Å²) in [4.78, 5) is 11.0. The molecule has 5 rings (SSSR count). The van der Waals surface area contributed by atoms with E-state index in [-0.39, 0.29) is 11.9 Å². The van der Waals surface area contributed by atoms with E-state index in [0.29, 0.717) is 0 Å². The standard InChI is InChI=1S/C23H24ClN5OS/c1-2-19-25-23-29(26-19)22(30)21(31-23)20(16-7-4-3-5-8-16)28-13-11-27(12-14-28)18-10-6-9-17(24)15-18/h3-10,15,20,30H,2,11-14H2,1H3/t20-/m1/s1. The average Bonchev–Trinajstić information content (AvgIpc) is 3.34. The molecule has 0 amide bonds. The van der Waals surface area contributed by atoms with Crippen molar-refractivity contribution < 1.29 is 5.11 Å². The first kappa shape index (κ1) is 20.3. The van der Waals surface area contributed by atoms with E-state index in [4.69, 9.17) is 11.6 Å². The third-order valence-corrected chi connectivity index (χ3v) is 7.08. The van der Waals surface area contributed by atoms with Gasteiger partial charge in [-0.1, -0.05) is 66.3 Å². The lowest BCUT2D eigenvalue weighted by Gasteiger charge is -2.40. The van der Waals surface area contributed by atoms with Gasteiger partial charge in [0.1, 0.15) is 0 Å². The number of rotatable bonds is 5. The highest BCUT2D eigenvalue weighted by Crippen LogP contribution is 2.40. The van der Waals surface area contributed by atoms with Gasteiger partial charge in [-0.3, -0.25) is 4.90 Å². The van der Waals surface area contributed by atoms with Crippen LogP contribution in [0.4, 0.5) is 5.69 Å². The number of hydrogen-bond donors (Lipinski definition) is 1. The number of aryl methyl sites for hydroxylation is 1. The fourth-order valence-electron chi connectivity index (χ4n) is 4.19. The molecule has 3 heterocycles. The molecule has 8 heteroatoms. The van der Waals surface area contributed by atoms with E-state index in [0.717, 1.165) is 64.5 Å². The van der Waals surface area contributed by atoms with Crippen molar-refractivity contribution in [3.63, 3.8) is 0 Å². The van der Waals surface area contributed by atoms with Gasteiger partial charge in [0.15, 0.2) is 5.82 Å². The summed E-state index contributed by atoms with van der Waals surface area (Å²) in [5, 5.41) is 16.3. The van der Waals surface area contributed by atoms with E-state index in [1.165, 1.54) is 11.3 Å². The van der Waals surface area contributed by atoms with E-state index in [2.05, 4.69) is 38.1 Å². The number of benzene rings is 2. The minimum atomic E-state index is -0.0405. The van der Waals surface area contributed by atoms with Gasteiger partial charge in [-0.15, -0.1) is 5.10 Å². The highest BCUT2D eigenvalue weighted by atomic mass is 35.5. The Morgan fingerprint density at radius 3 is 2.52 bits per heavy atom. The van der Waals surface area contributed by atoms with Crippen LogP contribution in [0.15, 0.2) is 54.6 Å². The number of halogens is 1. The molecule has 2 aromatic heterocycles. The van der Waals surface area contributed by atoms with Gasteiger partial charge in [0.25, 0.3) is 0 Å². The number of anilines is 1. The molecular formula is C23H24ClN5OS. The topological polar surface area (TPSA) is 56.9 Å². The Balaban J connectivity index is 1.46. The maximum Gasteiger partial charge on any atom is 0.230 e. The van der Waals surface area contributed by atoms with Crippen LogP contribution in [0.25, 0.3) is 4.96 Å². The fraction of sp³-hybridized carbons (Fsp3) is 0.304. The lowest BCUT2D eigenvalue weighted by Crippen LogP contribution is -2.47. The minimum Gasteiger partial charge on any atom is -0.492 e. The summed E-state index contributed by atoms with van der Waals surface area (Å²) >= 11 is 7.71. The van der Waals surface area contributed by atoms with E-state index >= 15 is 0 Å². The van der Waals surface area contributed by atoms with Crippen molar-refractivity contribution in [3.8, 4) is 5.88 Å². The molecule has 1 atom stereocenters. The summed E-state index contributed by atoms with van der Waals surface area (Å²) in [7, 11) is 0. The fourth-order valence-corrected chi connectivity index (χ4v) is 5.51. The predicted octanol–water partition coefficient (Wildman–Crippen LogP) is 4.62. The van der Waals surface area contributed by atoms with E-state index in [9.17, 15) is 5.11 Å².